The van der Waals surface area contributed by atoms with E-state index in [-0.39, 0.29) is 5.97 Å². The zero-order chi connectivity index (χ0) is 13.1. The molecule has 0 aromatic heterocycles. The van der Waals surface area contributed by atoms with Crippen LogP contribution in [0.3, 0.4) is 0 Å². The monoisotopic (exact) mass is 280 g/mol. The van der Waals surface area contributed by atoms with E-state index in [0.29, 0.717) is 19.8 Å². The second kappa shape index (κ2) is 11.0. The molecule has 0 spiro atoms. The molecule has 2 atom stereocenters. The van der Waals surface area contributed by atoms with Crippen LogP contribution >= 0.6 is 18.7 Å². The average Bonchev–Trinajstić information content (AvgIpc) is 2.32. The first-order valence-corrected chi connectivity index (χ1v) is 8.52. The Balaban J connectivity index is 4.16. The summed E-state index contributed by atoms with van der Waals surface area (Å²) in [5.41, 5.74) is 5.43. The van der Waals surface area contributed by atoms with Gasteiger partial charge < -0.3 is 15.0 Å². The minimum Gasteiger partial charge on any atom is -0.464 e. The van der Waals surface area contributed by atoms with Crippen molar-refractivity contribution in [2.45, 2.75) is 26.8 Å². The lowest BCUT2D eigenvalue weighted by molar-refractivity contribution is -0.144. The van der Waals surface area contributed by atoms with Crippen LogP contribution in [0.4, 0.5) is 0 Å². The van der Waals surface area contributed by atoms with Gasteiger partial charge in [0.2, 0.25) is 0 Å². The highest BCUT2D eigenvalue weighted by Gasteiger charge is 2.13. The molecule has 0 fully saturated rings. The fraction of sp³-hybridized carbons (Fsp3) is 0.800. The normalized spacial score (nSPS) is 14.8. The van der Waals surface area contributed by atoms with Crippen LogP contribution in [0.25, 0.3) is 0 Å². The highest BCUT2D eigenvalue weighted by atomic mass is 32.7. The summed E-state index contributed by atoms with van der Waals surface area (Å²) in [5, 5.41) is 0. The minimum atomic E-state index is -0.796. The molecule has 0 aliphatic rings. The summed E-state index contributed by atoms with van der Waals surface area (Å²) < 4.78 is 10.4. The SMILES string of the molecule is CCOC(=O)[C@H](C)/N=C/[P@](OCC)SCCN. The smallest absolute Gasteiger partial charge is 0.330 e. The van der Waals surface area contributed by atoms with Crippen LogP contribution in [0.15, 0.2) is 4.99 Å². The van der Waals surface area contributed by atoms with Crippen molar-refractivity contribution in [2.24, 2.45) is 10.7 Å². The molecule has 0 aromatic rings. The predicted molar refractivity (Wildman–Crippen MR) is 74.6 cm³/mol. The van der Waals surface area contributed by atoms with E-state index in [1.54, 1.807) is 31.2 Å². The fourth-order valence-electron chi connectivity index (χ4n) is 0.852. The first kappa shape index (κ1) is 16.8. The summed E-state index contributed by atoms with van der Waals surface area (Å²) >= 11 is 1.63. The van der Waals surface area contributed by atoms with Gasteiger partial charge in [0.15, 0.2) is 0 Å². The Bertz CT molecular complexity index is 242. The number of carbonyl (C=O) groups excluding carboxylic acids is 1. The minimum absolute atomic E-state index is 0.306. The molecule has 0 aliphatic heterocycles. The summed E-state index contributed by atoms with van der Waals surface area (Å²) in [7, 11) is -0.796. The highest BCUT2D eigenvalue weighted by Crippen LogP contribution is 2.47. The second-order valence-corrected chi connectivity index (χ2v) is 6.60. The Morgan fingerprint density at radius 1 is 1.53 bits per heavy atom. The van der Waals surface area contributed by atoms with Crippen molar-refractivity contribution in [3.63, 3.8) is 0 Å². The highest BCUT2D eigenvalue weighted by molar-refractivity contribution is 8.58. The summed E-state index contributed by atoms with van der Waals surface area (Å²) in [4.78, 5) is 15.5. The van der Waals surface area contributed by atoms with Gasteiger partial charge in [0.05, 0.1) is 12.6 Å². The molecule has 0 saturated heterocycles. The first-order chi connectivity index (χ1) is 8.15. The number of nitrogens with zero attached hydrogens (tertiary/aromatic N) is 1. The molecule has 2 N–H and O–H groups in total. The molecule has 0 rings (SSSR count). The number of esters is 1. The van der Waals surface area contributed by atoms with Gasteiger partial charge >= 0.3 is 5.97 Å². The van der Waals surface area contributed by atoms with Crippen molar-refractivity contribution >= 4 is 30.7 Å². The third-order valence-corrected chi connectivity index (χ3v) is 5.02. The van der Waals surface area contributed by atoms with Gasteiger partial charge in [-0.1, -0.05) is 11.4 Å². The Kier molecular flexibility index (Phi) is 10.9. The molecule has 0 radical (unpaired) electrons. The molecule has 0 unspecified atom stereocenters. The molecule has 0 saturated carbocycles. The molecule has 100 valence electrons. The fourth-order valence-corrected chi connectivity index (χ4v) is 3.67. The second-order valence-electron chi connectivity index (χ2n) is 3.02. The van der Waals surface area contributed by atoms with Crippen molar-refractivity contribution in [1.29, 1.82) is 0 Å². The summed E-state index contributed by atoms with van der Waals surface area (Å²) in [6.45, 7) is 7.03. The Labute approximate surface area is 108 Å². The Morgan fingerprint density at radius 3 is 2.76 bits per heavy atom. The summed E-state index contributed by atoms with van der Waals surface area (Å²) in [6.07, 6.45) is 0. The summed E-state index contributed by atoms with van der Waals surface area (Å²) in [5.74, 6) is 2.23. The molecule has 0 heterocycles. The van der Waals surface area contributed by atoms with Gasteiger partial charge in [0.25, 0.3) is 0 Å². The maximum absolute atomic E-state index is 11.3. The number of hydrogen-bond acceptors (Lipinski definition) is 6. The molecule has 0 amide bonds. The van der Waals surface area contributed by atoms with Crippen molar-refractivity contribution in [3.05, 3.63) is 0 Å². The maximum atomic E-state index is 11.3. The van der Waals surface area contributed by atoms with Gasteiger partial charge in [-0.05, 0) is 20.8 Å². The van der Waals surface area contributed by atoms with Gasteiger partial charge in [-0.3, -0.25) is 4.99 Å². The standard InChI is InChI=1S/C10H21N2O3PS/c1-4-14-10(13)9(3)12-8-16(15-5-2)17-7-6-11/h8-9H,4-7,11H2,1-3H3/b12-8+/t9-,16+/m0/s1. The van der Waals surface area contributed by atoms with Crippen LogP contribution < -0.4 is 5.73 Å². The lowest BCUT2D eigenvalue weighted by Crippen LogP contribution is -2.17. The number of aliphatic imine (C=N–C) groups is 1. The molecule has 0 bridgehead atoms. The van der Waals surface area contributed by atoms with Gasteiger partial charge in [-0.15, -0.1) is 0 Å². The molecule has 0 aliphatic carbocycles. The Morgan fingerprint density at radius 2 is 2.24 bits per heavy atom. The number of rotatable bonds is 9. The van der Waals surface area contributed by atoms with Crippen LogP contribution in [-0.2, 0) is 14.1 Å². The van der Waals surface area contributed by atoms with Gasteiger partial charge in [0.1, 0.15) is 13.4 Å². The van der Waals surface area contributed by atoms with E-state index >= 15 is 0 Å². The van der Waals surface area contributed by atoms with Crippen molar-refractivity contribution in [1.82, 2.24) is 0 Å². The lowest BCUT2D eigenvalue weighted by Gasteiger charge is -2.11. The van der Waals surface area contributed by atoms with Crippen molar-refractivity contribution < 1.29 is 14.1 Å². The van der Waals surface area contributed by atoms with Gasteiger partial charge in [-0.2, -0.15) is 0 Å². The third-order valence-electron chi connectivity index (χ3n) is 1.60. The third kappa shape index (κ3) is 8.55. The zero-order valence-corrected chi connectivity index (χ0v) is 12.3. The van der Waals surface area contributed by atoms with Crippen LogP contribution in [0, 0.1) is 0 Å². The van der Waals surface area contributed by atoms with Crippen LogP contribution in [-0.4, -0.2) is 43.5 Å². The molecule has 0 aromatic carbocycles. The van der Waals surface area contributed by atoms with E-state index in [1.807, 2.05) is 6.92 Å². The van der Waals surface area contributed by atoms with Crippen molar-refractivity contribution in [2.75, 3.05) is 25.5 Å². The van der Waals surface area contributed by atoms with Crippen molar-refractivity contribution in [3.8, 4) is 0 Å². The first-order valence-electron chi connectivity index (χ1n) is 5.60. The van der Waals surface area contributed by atoms with Gasteiger partial charge in [0, 0.05) is 18.9 Å². The average molecular weight is 280 g/mol. The van der Waals surface area contributed by atoms with Gasteiger partial charge in [-0.25, -0.2) is 4.79 Å². The van der Waals surface area contributed by atoms with E-state index in [4.69, 9.17) is 15.0 Å². The summed E-state index contributed by atoms with van der Waals surface area (Å²) in [6, 6.07) is -0.473. The number of carbonyl (C=O) groups is 1. The van der Waals surface area contributed by atoms with E-state index in [1.165, 1.54) is 0 Å². The van der Waals surface area contributed by atoms with E-state index in [2.05, 4.69) is 4.99 Å². The maximum Gasteiger partial charge on any atom is 0.330 e. The molecular weight excluding hydrogens is 259 g/mol. The van der Waals surface area contributed by atoms with E-state index in [9.17, 15) is 4.79 Å². The number of hydrogen-bond donors (Lipinski definition) is 1. The molecule has 5 nitrogen and oxygen atoms in total. The number of nitrogens with two attached hydrogens (primary N) is 1. The largest absolute Gasteiger partial charge is 0.464 e. The lowest BCUT2D eigenvalue weighted by atomic mass is 10.4. The molecular formula is C10H21N2O3PS. The van der Waals surface area contributed by atoms with Crippen LogP contribution in [0.5, 0.6) is 0 Å². The predicted octanol–water partition coefficient (Wildman–Crippen LogP) is 2.01. The van der Waals surface area contributed by atoms with E-state index in [0.717, 1.165) is 5.75 Å². The van der Waals surface area contributed by atoms with Crippen LogP contribution in [0.1, 0.15) is 20.8 Å². The molecule has 17 heavy (non-hydrogen) atoms. The number of ether oxygens (including phenoxy) is 1. The molecule has 7 heteroatoms. The zero-order valence-electron chi connectivity index (χ0n) is 10.6. The van der Waals surface area contributed by atoms with E-state index < -0.39 is 13.4 Å². The quantitative estimate of drug-likeness (QED) is 0.397. The Hall–Kier alpha value is -0.160. The van der Waals surface area contributed by atoms with Crippen LogP contribution in [0.2, 0.25) is 0 Å². The topological polar surface area (TPSA) is 73.9 Å².